The fraction of sp³-hybridized carbons (Fsp3) is 0.0588. The molecule has 3 aromatic rings. The van der Waals surface area contributed by atoms with Gasteiger partial charge in [-0.15, -0.1) is 0 Å². The molecule has 0 aliphatic carbocycles. The van der Waals surface area contributed by atoms with Gasteiger partial charge in [-0.25, -0.2) is 4.98 Å². The summed E-state index contributed by atoms with van der Waals surface area (Å²) >= 11 is 0. The summed E-state index contributed by atoms with van der Waals surface area (Å²) in [6.07, 6.45) is -4.54. The maximum atomic E-state index is 12.9. The van der Waals surface area contributed by atoms with Crippen molar-refractivity contribution in [3.05, 3.63) is 71.9 Å². The van der Waals surface area contributed by atoms with Crippen LogP contribution in [0.1, 0.15) is 16.1 Å². The van der Waals surface area contributed by atoms with Gasteiger partial charge in [0.05, 0.1) is 16.8 Å². The smallest absolute Gasteiger partial charge is 0.320 e. The molecule has 0 fully saturated rings. The van der Waals surface area contributed by atoms with E-state index in [1.165, 1.54) is 24.3 Å². The lowest BCUT2D eigenvalue weighted by atomic mass is 10.1. The van der Waals surface area contributed by atoms with Crippen LogP contribution in [0, 0.1) is 0 Å². The Morgan fingerprint density at radius 3 is 2.39 bits per heavy atom. The minimum Gasteiger partial charge on any atom is -0.320 e. The van der Waals surface area contributed by atoms with Crippen molar-refractivity contribution in [1.82, 2.24) is 4.98 Å². The van der Waals surface area contributed by atoms with E-state index in [9.17, 15) is 18.0 Å². The minimum absolute atomic E-state index is 0.0562. The number of hydrogen-bond acceptors (Lipinski definition) is 2. The summed E-state index contributed by atoms with van der Waals surface area (Å²) in [6, 6.07) is 15.2. The Morgan fingerprint density at radius 1 is 0.913 bits per heavy atom. The first-order chi connectivity index (χ1) is 10.9. The van der Waals surface area contributed by atoms with Gasteiger partial charge < -0.3 is 5.32 Å². The molecule has 0 aliphatic heterocycles. The largest absolute Gasteiger partial charge is 0.418 e. The molecular formula is C17H11F3N2O. The second-order valence-electron chi connectivity index (χ2n) is 4.89. The Hall–Kier alpha value is -2.89. The van der Waals surface area contributed by atoms with Gasteiger partial charge in [0, 0.05) is 5.39 Å². The Bertz CT molecular complexity index is 875. The standard InChI is InChI=1S/C17H11F3N2O/c18-17(19,20)12-6-2-4-8-14(12)22-16(23)15-10-9-11-5-1-3-7-13(11)21-15/h1-10H,(H,22,23). The van der Waals surface area contributed by atoms with Crippen molar-refractivity contribution in [1.29, 1.82) is 0 Å². The van der Waals surface area contributed by atoms with E-state index >= 15 is 0 Å². The van der Waals surface area contributed by atoms with E-state index in [-0.39, 0.29) is 11.4 Å². The number of fused-ring (bicyclic) bond motifs is 1. The molecule has 0 spiro atoms. The van der Waals surface area contributed by atoms with Gasteiger partial charge in [0.15, 0.2) is 0 Å². The SMILES string of the molecule is O=C(Nc1ccccc1C(F)(F)F)c1ccc2ccccc2n1. The molecule has 1 N–H and O–H groups in total. The lowest BCUT2D eigenvalue weighted by molar-refractivity contribution is -0.136. The van der Waals surface area contributed by atoms with Gasteiger partial charge >= 0.3 is 6.18 Å². The number of alkyl halides is 3. The Balaban J connectivity index is 1.92. The molecule has 0 atom stereocenters. The molecule has 116 valence electrons. The van der Waals surface area contributed by atoms with Gasteiger partial charge in [-0.3, -0.25) is 4.79 Å². The van der Waals surface area contributed by atoms with Crippen molar-refractivity contribution in [2.45, 2.75) is 6.18 Å². The molecule has 0 saturated carbocycles. The summed E-state index contributed by atoms with van der Waals surface area (Å²) in [4.78, 5) is 16.4. The quantitative estimate of drug-likeness (QED) is 0.756. The van der Waals surface area contributed by atoms with E-state index in [0.717, 1.165) is 11.5 Å². The van der Waals surface area contributed by atoms with Crippen molar-refractivity contribution >= 4 is 22.5 Å². The topological polar surface area (TPSA) is 42.0 Å². The zero-order valence-corrected chi connectivity index (χ0v) is 11.8. The van der Waals surface area contributed by atoms with E-state index in [4.69, 9.17) is 0 Å². The maximum absolute atomic E-state index is 12.9. The third kappa shape index (κ3) is 3.15. The lowest BCUT2D eigenvalue weighted by Crippen LogP contribution is -2.17. The summed E-state index contributed by atoms with van der Waals surface area (Å²) in [6.45, 7) is 0. The molecule has 1 aromatic heterocycles. The number of rotatable bonds is 2. The molecule has 0 radical (unpaired) electrons. The van der Waals surface area contributed by atoms with Crippen LogP contribution in [0.3, 0.4) is 0 Å². The number of anilines is 1. The van der Waals surface area contributed by atoms with Gasteiger partial charge in [-0.05, 0) is 24.3 Å². The molecule has 23 heavy (non-hydrogen) atoms. The van der Waals surface area contributed by atoms with Crippen LogP contribution in [-0.2, 0) is 6.18 Å². The predicted molar refractivity (Wildman–Crippen MR) is 81.1 cm³/mol. The summed E-state index contributed by atoms with van der Waals surface area (Å²) in [5, 5.41) is 3.12. The van der Waals surface area contributed by atoms with Gasteiger partial charge in [-0.2, -0.15) is 13.2 Å². The van der Waals surface area contributed by atoms with Crippen LogP contribution in [0.2, 0.25) is 0 Å². The molecule has 6 heteroatoms. The van der Waals surface area contributed by atoms with E-state index in [0.29, 0.717) is 5.52 Å². The van der Waals surface area contributed by atoms with Crippen molar-refractivity contribution in [2.75, 3.05) is 5.32 Å². The third-order valence-electron chi connectivity index (χ3n) is 3.31. The fourth-order valence-electron chi connectivity index (χ4n) is 2.22. The van der Waals surface area contributed by atoms with Gasteiger partial charge in [-0.1, -0.05) is 36.4 Å². The molecule has 0 unspecified atom stereocenters. The van der Waals surface area contributed by atoms with Gasteiger partial charge in [0.1, 0.15) is 5.69 Å². The van der Waals surface area contributed by atoms with Gasteiger partial charge in [0.25, 0.3) is 5.91 Å². The molecular weight excluding hydrogens is 305 g/mol. The average Bonchev–Trinajstić information content (AvgIpc) is 2.54. The number of nitrogens with one attached hydrogen (secondary N) is 1. The number of amides is 1. The Morgan fingerprint density at radius 2 is 1.61 bits per heavy atom. The number of nitrogens with zero attached hydrogens (tertiary/aromatic N) is 1. The van der Waals surface area contributed by atoms with Crippen molar-refractivity contribution < 1.29 is 18.0 Å². The molecule has 1 heterocycles. The molecule has 0 aliphatic rings. The first-order valence-electron chi connectivity index (χ1n) is 6.78. The zero-order chi connectivity index (χ0) is 16.4. The highest BCUT2D eigenvalue weighted by molar-refractivity contribution is 6.04. The van der Waals surface area contributed by atoms with Crippen LogP contribution in [0.4, 0.5) is 18.9 Å². The summed E-state index contributed by atoms with van der Waals surface area (Å²) in [7, 11) is 0. The number of benzene rings is 2. The molecule has 0 bridgehead atoms. The summed E-state index contributed by atoms with van der Waals surface area (Å²) in [5.74, 6) is -0.688. The summed E-state index contributed by atoms with van der Waals surface area (Å²) in [5.41, 5.74) is -0.529. The van der Waals surface area contributed by atoms with Crippen LogP contribution in [0.25, 0.3) is 10.9 Å². The molecule has 3 rings (SSSR count). The molecule has 0 saturated heterocycles. The van der Waals surface area contributed by atoms with Crippen LogP contribution in [0.5, 0.6) is 0 Å². The molecule has 2 aromatic carbocycles. The van der Waals surface area contributed by atoms with Crippen LogP contribution < -0.4 is 5.32 Å². The second-order valence-corrected chi connectivity index (χ2v) is 4.89. The first kappa shape index (κ1) is 15.0. The number of aromatic nitrogens is 1. The average molecular weight is 316 g/mol. The minimum atomic E-state index is -4.54. The van der Waals surface area contributed by atoms with E-state index < -0.39 is 17.6 Å². The van der Waals surface area contributed by atoms with Crippen LogP contribution >= 0.6 is 0 Å². The number of carbonyl (C=O) groups is 1. The van der Waals surface area contributed by atoms with Crippen molar-refractivity contribution in [2.24, 2.45) is 0 Å². The number of halogens is 3. The Kier molecular flexibility index (Phi) is 3.73. The Labute approximate surface area is 129 Å². The highest BCUT2D eigenvalue weighted by atomic mass is 19.4. The van der Waals surface area contributed by atoms with Crippen LogP contribution in [-0.4, -0.2) is 10.9 Å². The molecule has 3 nitrogen and oxygen atoms in total. The first-order valence-corrected chi connectivity index (χ1v) is 6.78. The van der Waals surface area contributed by atoms with E-state index in [1.54, 1.807) is 18.2 Å². The lowest BCUT2D eigenvalue weighted by Gasteiger charge is -2.13. The van der Waals surface area contributed by atoms with Crippen LogP contribution in [0.15, 0.2) is 60.7 Å². The number of hydrogen-bond donors (Lipinski definition) is 1. The number of carbonyl (C=O) groups excluding carboxylic acids is 1. The fourth-order valence-corrected chi connectivity index (χ4v) is 2.22. The summed E-state index contributed by atoms with van der Waals surface area (Å²) < 4.78 is 38.8. The van der Waals surface area contributed by atoms with Crippen molar-refractivity contribution in [3.63, 3.8) is 0 Å². The number of pyridine rings is 1. The predicted octanol–water partition coefficient (Wildman–Crippen LogP) is 4.51. The third-order valence-corrected chi connectivity index (χ3v) is 3.31. The van der Waals surface area contributed by atoms with E-state index in [2.05, 4.69) is 10.3 Å². The van der Waals surface area contributed by atoms with Gasteiger partial charge in [0.2, 0.25) is 0 Å². The normalized spacial score (nSPS) is 11.4. The number of para-hydroxylation sites is 2. The monoisotopic (exact) mass is 316 g/mol. The highest BCUT2D eigenvalue weighted by Crippen LogP contribution is 2.34. The second kappa shape index (κ2) is 5.72. The zero-order valence-electron chi connectivity index (χ0n) is 11.8. The van der Waals surface area contributed by atoms with Crippen molar-refractivity contribution in [3.8, 4) is 0 Å². The maximum Gasteiger partial charge on any atom is 0.418 e. The van der Waals surface area contributed by atoms with E-state index in [1.807, 2.05) is 12.1 Å². The molecule has 1 amide bonds. The highest BCUT2D eigenvalue weighted by Gasteiger charge is 2.33.